The third kappa shape index (κ3) is 3.83. The van der Waals surface area contributed by atoms with E-state index in [1.54, 1.807) is 0 Å². The normalized spacial score (nSPS) is 25.8. The molecule has 96 valence electrons. The molecule has 0 bridgehead atoms. The van der Waals surface area contributed by atoms with Crippen LogP contribution in [0.5, 0.6) is 0 Å². The lowest BCUT2D eigenvalue weighted by atomic mass is 9.91. The monoisotopic (exact) mass is 260 g/mol. The number of halogens is 4. The summed E-state index contributed by atoms with van der Waals surface area (Å²) in [5.74, 6) is -1.76. The molecule has 0 saturated heterocycles. The molecule has 16 heavy (non-hydrogen) atoms. The molecule has 0 radical (unpaired) electrons. The molecule has 0 aromatic heterocycles. The van der Waals surface area contributed by atoms with E-state index in [4.69, 9.17) is 5.73 Å². The van der Waals surface area contributed by atoms with E-state index in [1.807, 2.05) is 0 Å². The van der Waals surface area contributed by atoms with Gasteiger partial charge in [0.15, 0.2) is 0 Å². The van der Waals surface area contributed by atoms with E-state index in [2.05, 4.69) is 0 Å². The number of nitrogens with zero attached hydrogens (tertiary/aromatic N) is 1. The highest BCUT2D eigenvalue weighted by Gasteiger charge is 2.43. The molecule has 1 amide bonds. The number of hydrogen-bond donors (Lipinski definition) is 1. The standard InChI is InChI=1S/C9H15F3N2O.ClH/c1-14(8(15)9(10,11)12)7-4-2-6(13)3-5-7;/h6-7H,2-5,13H2,1H3;1H/t6-,7-;. The summed E-state index contributed by atoms with van der Waals surface area (Å²) < 4.78 is 36.3. The third-order valence-electron chi connectivity index (χ3n) is 2.85. The molecule has 1 aliphatic carbocycles. The number of amides is 1. The first kappa shape index (κ1) is 15.5. The molecule has 0 aliphatic heterocycles. The second kappa shape index (κ2) is 5.72. The molecule has 1 aliphatic rings. The van der Waals surface area contributed by atoms with Gasteiger partial charge in [-0.15, -0.1) is 12.4 Å². The van der Waals surface area contributed by atoms with Gasteiger partial charge in [0, 0.05) is 19.1 Å². The van der Waals surface area contributed by atoms with Crippen molar-refractivity contribution in [2.24, 2.45) is 5.73 Å². The summed E-state index contributed by atoms with van der Waals surface area (Å²) in [6, 6.07) is -0.255. The molecule has 0 unspecified atom stereocenters. The zero-order valence-corrected chi connectivity index (χ0v) is 9.77. The van der Waals surface area contributed by atoms with Crippen molar-refractivity contribution in [3.05, 3.63) is 0 Å². The smallest absolute Gasteiger partial charge is 0.335 e. The van der Waals surface area contributed by atoms with E-state index in [0.717, 1.165) is 4.90 Å². The number of alkyl halides is 3. The zero-order valence-electron chi connectivity index (χ0n) is 8.96. The first-order valence-electron chi connectivity index (χ1n) is 4.92. The Morgan fingerprint density at radius 1 is 1.25 bits per heavy atom. The van der Waals surface area contributed by atoms with Crippen molar-refractivity contribution < 1.29 is 18.0 Å². The highest BCUT2D eigenvalue weighted by molar-refractivity contribution is 5.85. The summed E-state index contributed by atoms with van der Waals surface area (Å²) >= 11 is 0. The third-order valence-corrected chi connectivity index (χ3v) is 2.85. The van der Waals surface area contributed by atoms with Gasteiger partial charge in [-0.05, 0) is 25.7 Å². The zero-order chi connectivity index (χ0) is 11.6. The quantitative estimate of drug-likeness (QED) is 0.780. The maximum atomic E-state index is 12.1. The summed E-state index contributed by atoms with van der Waals surface area (Å²) in [6.45, 7) is 0. The molecule has 1 saturated carbocycles. The predicted molar refractivity (Wildman–Crippen MR) is 56.3 cm³/mol. The summed E-state index contributed by atoms with van der Waals surface area (Å²) in [5.41, 5.74) is 5.63. The highest BCUT2D eigenvalue weighted by atomic mass is 35.5. The van der Waals surface area contributed by atoms with Gasteiger partial charge in [-0.1, -0.05) is 0 Å². The van der Waals surface area contributed by atoms with Crippen molar-refractivity contribution in [3.8, 4) is 0 Å². The van der Waals surface area contributed by atoms with Crippen LogP contribution in [0.4, 0.5) is 13.2 Å². The number of nitrogens with two attached hydrogens (primary N) is 1. The fourth-order valence-corrected chi connectivity index (χ4v) is 1.85. The van der Waals surface area contributed by atoms with Crippen LogP contribution < -0.4 is 5.73 Å². The van der Waals surface area contributed by atoms with Gasteiger partial charge in [0.05, 0.1) is 0 Å². The van der Waals surface area contributed by atoms with Crippen molar-refractivity contribution in [3.63, 3.8) is 0 Å². The van der Waals surface area contributed by atoms with Crippen LogP contribution in [0, 0.1) is 0 Å². The average Bonchev–Trinajstić information content (AvgIpc) is 2.15. The largest absolute Gasteiger partial charge is 0.471 e. The second-order valence-corrected chi connectivity index (χ2v) is 3.98. The average molecular weight is 261 g/mol. The minimum absolute atomic E-state index is 0. The van der Waals surface area contributed by atoms with Gasteiger partial charge in [0.1, 0.15) is 0 Å². The Labute approximate surface area is 98.6 Å². The Morgan fingerprint density at radius 3 is 2.06 bits per heavy atom. The lowest BCUT2D eigenvalue weighted by Gasteiger charge is -2.33. The molecular formula is C9H16ClF3N2O. The van der Waals surface area contributed by atoms with Crippen LogP contribution in [0.2, 0.25) is 0 Å². The first-order chi connectivity index (χ1) is 6.82. The molecule has 2 N–H and O–H groups in total. The minimum Gasteiger partial charge on any atom is -0.335 e. The predicted octanol–water partition coefficient (Wildman–Crippen LogP) is 1.70. The van der Waals surface area contributed by atoms with E-state index >= 15 is 0 Å². The van der Waals surface area contributed by atoms with Gasteiger partial charge in [0.2, 0.25) is 0 Å². The summed E-state index contributed by atoms with van der Waals surface area (Å²) in [7, 11) is 1.21. The lowest BCUT2D eigenvalue weighted by molar-refractivity contribution is -0.186. The molecule has 0 atom stereocenters. The van der Waals surface area contributed by atoms with Crippen LogP contribution in [0.1, 0.15) is 25.7 Å². The van der Waals surface area contributed by atoms with Gasteiger partial charge in [-0.3, -0.25) is 4.79 Å². The molecular weight excluding hydrogens is 245 g/mol. The van der Waals surface area contributed by atoms with Crippen LogP contribution in [0.15, 0.2) is 0 Å². The van der Waals surface area contributed by atoms with Gasteiger partial charge >= 0.3 is 12.1 Å². The van der Waals surface area contributed by atoms with Gasteiger partial charge in [0.25, 0.3) is 0 Å². The molecule has 1 fully saturated rings. The Kier molecular flexibility index (Phi) is 5.55. The molecule has 3 nitrogen and oxygen atoms in total. The topological polar surface area (TPSA) is 46.3 Å². The van der Waals surface area contributed by atoms with E-state index < -0.39 is 12.1 Å². The molecule has 0 aromatic carbocycles. The fraction of sp³-hybridized carbons (Fsp3) is 0.889. The summed E-state index contributed by atoms with van der Waals surface area (Å²) in [6.07, 6.45) is -2.30. The molecule has 0 spiro atoms. The van der Waals surface area contributed by atoms with Crippen LogP contribution in [0.25, 0.3) is 0 Å². The van der Waals surface area contributed by atoms with Crippen LogP contribution >= 0.6 is 12.4 Å². The molecule has 1 rings (SSSR count). The summed E-state index contributed by atoms with van der Waals surface area (Å²) in [5, 5.41) is 0. The molecule has 0 aromatic rings. The minimum atomic E-state index is -4.77. The van der Waals surface area contributed by atoms with Crippen LogP contribution in [-0.4, -0.2) is 36.1 Å². The van der Waals surface area contributed by atoms with Crippen LogP contribution in [0.3, 0.4) is 0 Å². The molecule has 7 heteroatoms. The van der Waals surface area contributed by atoms with Gasteiger partial charge in [-0.2, -0.15) is 13.2 Å². The maximum absolute atomic E-state index is 12.1. The first-order valence-corrected chi connectivity index (χ1v) is 4.92. The van der Waals surface area contributed by atoms with Crippen molar-refractivity contribution >= 4 is 18.3 Å². The van der Waals surface area contributed by atoms with E-state index in [1.165, 1.54) is 7.05 Å². The van der Waals surface area contributed by atoms with E-state index in [9.17, 15) is 18.0 Å². The van der Waals surface area contributed by atoms with E-state index in [0.29, 0.717) is 25.7 Å². The maximum Gasteiger partial charge on any atom is 0.471 e. The van der Waals surface area contributed by atoms with Gasteiger partial charge in [-0.25, -0.2) is 0 Å². The van der Waals surface area contributed by atoms with Crippen molar-refractivity contribution in [2.45, 2.75) is 43.9 Å². The van der Waals surface area contributed by atoms with Gasteiger partial charge < -0.3 is 10.6 Å². The van der Waals surface area contributed by atoms with Crippen molar-refractivity contribution in [1.29, 1.82) is 0 Å². The summed E-state index contributed by atoms with van der Waals surface area (Å²) in [4.78, 5) is 11.7. The Balaban J connectivity index is 0.00000225. The number of hydrogen-bond acceptors (Lipinski definition) is 2. The fourth-order valence-electron chi connectivity index (χ4n) is 1.85. The molecule has 0 heterocycles. The second-order valence-electron chi connectivity index (χ2n) is 3.98. The number of carbonyl (C=O) groups is 1. The Bertz CT molecular complexity index is 239. The van der Waals surface area contributed by atoms with Crippen molar-refractivity contribution in [1.82, 2.24) is 4.90 Å². The Hall–Kier alpha value is -0.490. The number of rotatable bonds is 1. The Morgan fingerprint density at radius 2 is 1.69 bits per heavy atom. The van der Waals surface area contributed by atoms with Crippen molar-refractivity contribution in [2.75, 3.05) is 7.05 Å². The lowest BCUT2D eigenvalue weighted by Crippen LogP contribution is -2.47. The highest BCUT2D eigenvalue weighted by Crippen LogP contribution is 2.25. The van der Waals surface area contributed by atoms with Crippen LogP contribution in [-0.2, 0) is 4.79 Å². The SMILES string of the molecule is CN(C(=O)C(F)(F)F)[C@H]1CC[C@H](N)CC1.Cl. The number of carbonyl (C=O) groups excluding carboxylic acids is 1. The van der Waals surface area contributed by atoms with E-state index in [-0.39, 0.29) is 24.5 Å².